The van der Waals surface area contributed by atoms with E-state index in [1.807, 2.05) is 24.3 Å². The molecule has 0 unspecified atom stereocenters. The first-order chi connectivity index (χ1) is 12.8. The third-order valence-corrected chi connectivity index (χ3v) is 4.68. The molecule has 4 nitrogen and oxygen atoms in total. The average Bonchev–Trinajstić information content (AvgIpc) is 3.32. The molecule has 0 fully saturated rings. The zero-order chi connectivity index (χ0) is 17.8. The predicted octanol–water partition coefficient (Wildman–Crippen LogP) is 4.42. The van der Waals surface area contributed by atoms with Gasteiger partial charge in [0.15, 0.2) is 0 Å². The summed E-state index contributed by atoms with van der Waals surface area (Å²) in [5.41, 5.74) is 4.72. The second-order valence-corrected chi connectivity index (χ2v) is 6.80. The molecule has 0 spiro atoms. The molecule has 1 N–H and O–H groups in total. The van der Waals surface area contributed by atoms with Crippen LogP contribution in [0.2, 0.25) is 0 Å². The second-order valence-electron chi connectivity index (χ2n) is 6.80. The fourth-order valence-electron chi connectivity index (χ4n) is 3.31. The zero-order valence-electron chi connectivity index (χ0n) is 15.1. The van der Waals surface area contributed by atoms with Gasteiger partial charge in [0.1, 0.15) is 5.82 Å². The molecule has 2 aromatic heterocycles. The van der Waals surface area contributed by atoms with E-state index in [-0.39, 0.29) is 0 Å². The summed E-state index contributed by atoms with van der Waals surface area (Å²) < 4.78 is 2.13. The zero-order valence-corrected chi connectivity index (χ0v) is 15.1. The van der Waals surface area contributed by atoms with Crippen molar-refractivity contribution < 1.29 is 0 Å². The lowest BCUT2D eigenvalue weighted by molar-refractivity contribution is 0.321. The van der Waals surface area contributed by atoms with Gasteiger partial charge in [0.25, 0.3) is 0 Å². The lowest BCUT2D eigenvalue weighted by Crippen LogP contribution is -2.19. The minimum absolute atomic E-state index is 0.964. The Morgan fingerprint density at radius 1 is 0.962 bits per heavy atom. The molecule has 26 heavy (non-hydrogen) atoms. The SMILES string of the molecule is CN(CCCc1nc2ccccc2[nH]1)Cc1ccc(-n2cccc2)cc1. The number of para-hydroxylation sites is 2. The number of imidazole rings is 1. The normalized spacial score (nSPS) is 11.5. The molecule has 0 bridgehead atoms. The first kappa shape index (κ1) is 16.6. The molecular weight excluding hydrogens is 320 g/mol. The number of hydrogen-bond donors (Lipinski definition) is 1. The van der Waals surface area contributed by atoms with Crippen molar-refractivity contribution in [2.75, 3.05) is 13.6 Å². The van der Waals surface area contributed by atoms with Crippen LogP contribution < -0.4 is 0 Å². The topological polar surface area (TPSA) is 36.9 Å². The molecular formula is C22H24N4. The van der Waals surface area contributed by atoms with Crippen LogP contribution in [-0.2, 0) is 13.0 Å². The van der Waals surface area contributed by atoms with E-state index in [1.54, 1.807) is 0 Å². The third kappa shape index (κ3) is 3.86. The van der Waals surface area contributed by atoms with Crippen molar-refractivity contribution >= 4 is 11.0 Å². The molecule has 2 aromatic carbocycles. The van der Waals surface area contributed by atoms with Crippen LogP contribution in [0.4, 0.5) is 0 Å². The predicted molar refractivity (Wildman–Crippen MR) is 107 cm³/mol. The van der Waals surface area contributed by atoms with Gasteiger partial charge in [-0.2, -0.15) is 0 Å². The van der Waals surface area contributed by atoms with Crippen LogP contribution in [0.1, 0.15) is 17.8 Å². The maximum atomic E-state index is 4.65. The van der Waals surface area contributed by atoms with Crippen LogP contribution in [0.15, 0.2) is 73.1 Å². The standard InChI is InChI=1S/C22H24N4/c1-25(14-6-9-22-23-20-7-2-3-8-21(20)24-22)17-18-10-12-19(13-11-18)26-15-4-5-16-26/h2-5,7-8,10-13,15-16H,6,9,14,17H2,1H3,(H,23,24). The van der Waals surface area contributed by atoms with E-state index in [9.17, 15) is 0 Å². The van der Waals surface area contributed by atoms with Gasteiger partial charge in [-0.25, -0.2) is 4.98 Å². The Bertz CT molecular complexity index is 918. The van der Waals surface area contributed by atoms with Crippen molar-refractivity contribution in [3.8, 4) is 5.69 Å². The number of rotatable bonds is 7. The van der Waals surface area contributed by atoms with Crippen LogP contribution in [0.3, 0.4) is 0 Å². The molecule has 4 aromatic rings. The highest BCUT2D eigenvalue weighted by atomic mass is 15.1. The van der Waals surface area contributed by atoms with Gasteiger partial charge < -0.3 is 14.5 Å². The highest BCUT2D eigenvalue weighted by Crippen LogP contribution is 2.13. The van der Waals surface area contributed by atoms with Gasteiger partial charge >= 0.3 is 0 Å². The third-order valence-electron chi connectivity index (χ3n) is 4.68. The number of hydrogen-bond acceptors (Lipinski definition) is 2. The Labute approximate surface area is 154 Å². The highest BCUT2D eigenvalue weighted by Gasteiger charge is 2.05. The van der Waals surface area contributed by atoms with Gasteiger partial charge in [-0.1, -0.05) is 24.3 Å². The van der Waals surface area contributed by atoms with Crippen molar-refractivity contribution in [3.63, 3.8) is 0 Å². The van der Waals surface area contributed by atoms with Crippen LogP contribution >= 0.6 is 0 Å². The Hall–Kier alpha value is -2.85. The Morgan fingerprint density at radius 2 is 1.73 bits per heavy atom. The van der Waals surface area contributed by atoms with Gasteiger partial charge in [0.05, 0.1) is 11.0 Å². The molecule has 4 heteroatoms. The number of nitrogens with zero attached hydrogens (tertiary/aromatic N) is 3. The molecule has 132 valence electrons. The smallest absolute Gasteiger partial charge is 0.107 e. The largest absolute Gasteiger partial charge is 0.342 e. The molecule has 4 rings (SSSR count). The summed E-state index contributed by atoms with van der Waals surface area (Å²) in [6, 6.07) is 21.1. The van der Waals surface area contributed by atoms with E-state index < -0.39 is 0 Å². The molecule has 0 amide bonds. The van der Waals surface area contributed by atoms with Gasteiger partial charge in [0, 0.05) is 31.0 Å². The summed E-state index contributed by atoms with van der Waals surface area (Å²) in [6.45, 7) is 2.02. The van der Waals surface area contributed by atoms with Gasteiger partial charge in [-0.3, -0.25) is 0 Å². The monoisotopic (exact) mass is 344 g/mol. The number of benzene rings is 2. The van der Waals surface area contributed by atoms with E-state index in [4.69, 9.17) is 0 Å². The molecule has 0 saturated heterocycles. The summed E-state index contributed by atoms with van der Waals surface area (Å²) in [5, 5.41) is 0. The molecule has 0 aliphatic heterocycles. The first-order valence-corrected chi connectivity index (χ1v) is 9.12. The van der Waals surface area contributed by atoms with Gasteiger partial charge in [-0.15, -0.1) is 0 Å². The van der Waals surface area contributed by atoms with Crippen LogP contribution in [0, 0.1) is 0 Å². The van der Waals surface area contributed by atoms with Gasteiger partial charge in [-0.05, 0) is 62.0 Å². The van der Waals surface area contributed by atoms with E-state index in [0.29, 0.717) is 0 Å². The second kappa shape index (κ2) is 7.58. The lowest BCUT2D eigenvalue weighted by Gasteiger charge is -2.16. The minimum Gasteiger partial charge on any atom is -0.342 e. The van der Waals surface area contributed by atoms with E-state index in [2.05, 4.69) is 75.3 Å². The fraction of sp³-hybridized carbons (Fsp3) is 0.227. The highest BCUT2D eigenvalue weighted by molar-refractivity contribution is 5.74. The van der Waals surface area contributed by atoms with Crippen molar-refractivity contribution in [2.45, 2.75) is 19.4 Å². The molecule has 2 heterocycles. The molecule has 0 radical (unpaired) electrons. The number of aromatic nitrogens is 3. The summed E-state index contributed by atoms with van der Waals surface area (Å²) >= 11 is 0. The van der Waals surface area contributed by atoms with E-state index in [1.165, 1.54) is 11.3 Å². The average molecular weight is 344 g/mol. The quantitative estimate of drug-likeness (QED) is 0.539. The fourth-order valence-corrected chi connectivity index (χ4v) is 3.31. The van der Waals surface area contributed by atoms with Crippen LogP contribution in [0.25, 0.3) is 16.7 Å². The summed E-state index contributed by atoms with van der Waals surface area (Å²) in [4.78, 5) is 10.4. The first-order valence-electron chi connectivity index (χ1n) is 9.12. The van der Waals surface area contributed by atoms with Crippen molar-refractivity contribution in [2.24, 2.45) is 0 Å². The molecule has 0 atom stereocenters. The number of fused-ring (bicyclic) bond motifs is 1. The summed E-state index contributed by atoms with van der Waals surface area (Å²) in [7, 11) is 2.18. The number of aryl methyl sites for hydroxylation is 1. The summed E-state index contributed by atoms with van der Waals surface area (Å²) in [6.07, 6.45) is 6.21. The molecule has 0 saturated carbocycles. The van der Waals surface area contributed by atoms with Gasteiger partial charge in [0.2, 0.25) is 0 Å². The van der Waals surface area contributed by atoms with E-state index in [0.717, 1.165) is 42.8 Å². The maximum absolute atomic E-state index is 4.65. The van der Waals surface area contributed by atoms with Crippen molar-refractivity contribution in [1.29, 1.82) is 0 Å². The van der Waals surface area contributed by atoms with Crippen LogP contribution in [-0.4, -0.2) is 33.0 Å². The minimum atomic E-state index is 0.964. The van der Waals surface area contributed by atoms with Crippen molar-refractivity contribution in [3.05, 3.63) is 84.4 Å². The number of aromatic amines is 1. The Balaban J connectivity index is 1.27. The van der Waals surface area contributed by atoms with Crippen molar-refractivity contribution in [1.82, 2.24) is 19.4 Å². The Morgan fingerprint density at radius 3 is 2.50 bits per heavy atom. The van der Waals surface area contributed by atoms with Crippen LogP contribution in [0.5, 0.6) is 0 Å². The molecule has 0 aliphatic rings. The number of nitrogens with one attached hydrogen (secondary N) is 1. The maximum Gasteiger partial charge on any atom is 0.107 e. The lowest BCUT2D eigenvalue weighted by atomic mass is 10.2. The molecule has 0 aliphatic carbocycles. The van der Waals surface area contributed by atoms with E-state index >= 15 is 0 Å². The Kier molecular flexibility index (Phi) is 4.84. The summed E-state index contributed by atoms with van der Waals surface area (Å²) in [5.74, 6) is 1.08. The number of H-pyrrole nitrogens is 1.